The molecular formula is C19H24N4O. The topological polar surface area (TPSA) is 95.0 Å². The van der Waals surface area contributed by atoms with Gasteiger partial charge in [0.25, 0.3) is 0 Å². The molecule has 0 amide bonds. The molecule has 4 N–H and O–H groups in total. The number of hydrogen-bond donors (Lipinski definition) is 3. The molecule has 3 rings (SSSR count). The molecule has 126 valence electrons. The fourth-order valence-electron chi connectivity index (χ4n) is 3.15. The van der Waals surface area contributed by atoms with E-state index < -0.39 is 0 Å². The molecule has 0 aliphatic carbocycles. The van der Waals surface area contributed by atoms with Crippen LogP contribution in [0.4, 0.5) is 5.82 Å². The van der Waals surface area contributed by atoms with Crippen molar-refractivity contribution in [2.45, 2.75) is 26.7 Å². The predicted molar refractivity (Wildman–Crippen MR) is 96.5 cm³/mol. The van der Waals surface area contributed by atoms with Gasteiger partial charge in [0.05, 0.1) is 11.3 Å². The second-order valence-electron chi connectivity index (χ2n) is 5.97. The lowest BCUT2D eigenvalue weighted by atomic mass is 9.90. The van der Waals surface area contributed by atoms with Gasteiger partial charge >= 0.3 is 0 Å². The van der Waals surface area contributed by atoms with Gasteiger partial charge in [-0.1, -0.05) is 19.6 Å². The Labute approximate surface area is 143 Å². The van der Waals surface area contributed by atoms with E-state index in [4.69, 9.17) is 5.73 Å². The summed E-state index contributed by atoms with van der Waals surface area (Å²) in [7, 11) is 0. The van der Waals surface area contributed by atoms with Crippen LogP contribution < -0.4 is 11.1 Å². The minimum atomic E-state index is 0. The summed E-state index contributed by atoms with van der Waals surface area (Å²) in [6.45, 7) is 2.02. The first kappa shape index (κ1) is 17.8. The lowest BCUT2D eigenvalue weighted by molar-refractivity contribution is 0.376. The summed E-state index contributed by atoms with van der Waals surface area (Å²) in [6.07, 6.45) is 3.09. The summed E-state index contributed by atoms with van der Waals surface area (Å²) < 4.78 is 0. The summed E-state index contributed by atoms with van der Waals surface area (Å²) in [6, 6.07) is 11.1. The highest BCUT2D eigenvalue weighted by molar-refractivity contribution is 5.70. The molecule has 24 heavy (non-hydrogen) atoms. The second-order valence-corrected chi connectivity index (χ2v) is 5.97. The Bertz CT molecular complexity index is 746. The monoisotopic (exact) mass is 324 g/mol. The zero-order valence-electron chi connectivity index (χ0n) is 12.9. The Balaban J connectivity index is 0.00000208. The maximum Gasteiger partial charge on any atom is 0.142 e. The molecule has 1 atom stereocenters. The van der Waals surface area contributed by atoms with Crippen LogP contribution in [-0.2, 0) is 6.42 Å². The largest absolute Gasteiger partial charge is 0.507 e. The number of phenols is 1. The summed E-state index contributed by atoms with van der Waals surface area (Å²) in [4.78, 5) is 4.31. The molecule has 1 saturated heterocycles. The van der Waals surface area contributed by atoms with E-state index in [1.165, 1.54) is 0 Å². The highest BCUT2D eigenvalue weighted by Gasteiger charge is 2.19. The molecule has 1 aromatic heterocycles. The Hall–Kier alpha value is -2.58. The van der Waals surface area contributed by atoms with Gasteiger partial charge in [0.2, 0.25) is 0 Å². The van der Waals surface area contributed by atoms with Gasteiger partial charge in [-0.3, -0.25) is 0 Å². The van der Waals surface area contributed by atoms with Crippen molar-refractivity contribution in [3.8, 4) is 23.1 Å². The van der Waals surface area contributed by atoms with E-state index in [9.17, 15) is 10.4 Å². The summed E-state index contributed by atoms with van der Waals surface area (Å²) in [5.41, 5.74) is 8.60. The minimum absolute atomic E-state index is 0. The number of nitrogen functional groups attached to an aromatic ring is 1. The van der Waals surface area contributed by atoms with Crippen LogP contribution in [0.5, 0.6) is 5.75 Å². The Kier molecular flexibility index (Phi) is 5.78. The number of nitrogens with two attached hydrogens (primary N) is 1. The first-order valence-electron chi connectivity index (χ1n) is 7.87. The average molecular weight is 324 g/mol. The molecule has 0 bridgehead atoms. The van der Waals surface area contributed by atoms with Gasteiger partial charge in [-0.05, 0) is 62.0 Å². The fourth-order valence-corrected chi connectivity index (χ4v) is 3.15. The number of nitrogens with zero attached hydrogens (tertiary/aromatic N) is 2. The van der Waals surface area contributed by atoms with E-state index in [0.29, 0.717) is 22.7 Å². The number of aromatic hydroxyl groups is 1. The maximum atomic E-state index is 10.0. The van der Waals surface area contributed by atoms with E-state index in [1.807, 2.05) is 12.1 Å². The van der Waals surface area contributed by atoms with Gasteiger partial charge in [-0.15, -0.1) is 0 Å². The van der Waals surface area contributed by atoms with Crippen molar-refractivity contribution in [1.82, 2.24) is 10.3 Å². The quantitative estimate of drug-likeness (QED) is 0.806. The standard InChI is InChI=1S/C18H20N4O.CH4/c19-10-15-13(8-12-4-3-7-21-11-12)9-16(22-18(15)20)14-5-1-2-6-17(14)23;/h1-2,5-6,9,12,21,23H,3-4,7-8,11H2,(H2,20,22);1H4. The van der Waals surface area contributed by atoms with Gasteiger partial charge in [0, 0.05) is 5.56 Å². The summed E-state index contributed by atoms with van der Waals surface area (Å²) in [5, 5.41) is 22.8. The van der Waals surface area contributed by atoms with Crippen molar-refractivity contribution in [1.29, 1.82) is 5.26 Å². The minimum Gasteiger partial charge on any atom is -0.507 e. The zero-order chi connectivity index (χ0) is 16.2. The Morgan fingerprint density at radius 2 is 2.17 bits per heavy atom. The highest BCUT2D eigenvalue weighted by Crippen LogP contribution is 2.31. The van der Waals surface area contributed by atoms with Crippen LogP contribution >= 0.6 is 0 Å². The Morgan fingerprint density at radius 1 is 1.38 bits per heavy atom. The molecule has 1 unspecified atom stereocenters. The van der Waals surface area contributed by atoms with Gasteiger partial charge < -0.3 is 16.2 Å². The zero-order valence-corrected chi connectivity index (χ0v) is 12.9. The van der Waals surface area contributed by atoms with Crippen molar-refractivity contribution in [3.63, 3.8) is 0 Å². The second kappa shape index (κ2) is 7.80. The van der Waals surface area contributed by atoms with Crippen LogP contribution in [0.15, 0.2) is 30.3 Å². The number of nitrogens with one attached hydrogen (secondary N) is 1. The van der Waals surface area contributed by atoms with E-state index in [1.54, 1.807) is 18.2 Å². The number of piperidine rings is 1. The molecular weight excluding hydrogens is 300 g/mol. The van der Waals surface area contributed by atoms with E-state index in [2.05, 4.69) is 16.4 Å². The molecule has 0 spiro atoms. The number of pyridine rings is 1. The van der Waals surface area contributed by atoms with E-state index in [-0.39, 0.29) is 19.0 Å². The number of para-hydroxylation sites is 1. The smallest absolute Gasteiger partial charge is 0.142 e. The number of rotatable bonds is 3. The normalized spacial score (nSPS) is 16.9. The molecule has 1 aromatic carbocycles. The van der Waals surface area contributed by atoms with Crippen molar-refractivity contribution in [2.24, 2.45) is 5.92 Å². The molecule has 1 aliphatic heterocycles. The number of phenolic OH excluding ortho intramolecular Hbond substituents is 1. The third-order valence-corrected chi connectivity index (χ3v) is 4.33. The van der Waals surface area contributed by atoms with Crippen LogP contribution in [0.3, 0.4) is 0 Å². The maximum absolute atomic E-state index is 10.0. The molecule has 1 aliphatic rings. The molecule has 0 saturated carbocycles. The van der Waals surface area contributed by atoms with Crippen LogP contribution in [0.2, 0.25) is 0 Å². The van der Waals surface area contributed by atoms with Crippen LogP contribution in [-0.4, -0.2) is 23.2 Å². The third kappa shape index (κ3) is 3.66. The van der Waals surface area contributed by atoms with Gasteiger partial charge in [-0.2, -0.15) is 5.26 Å². The van der Waals surface area contributed by atoms with Crippen molar-refractivity contribution >= 4 is 5.82 Å². The third-order valence-electron chi connectivity index (χ3n) is 4.33. The number of hydrogen-bond acceptors (Lipinski definition) is 5. The SMILES string of the molecule is C.N#Cc1c(CC2CCCNC2)cc(-c2ccccc2O)nc1N. The lowest BCUT2D eigenvalue weighted by Gasteiger charge is -2.23. The van der Waals surface area contributed by atoms with Gasteiger partial charge in [0.1, 0.15) is 17.6 Å². The van der Waals surface area contributed by atoms with Crippen LogP contribution in [0, 0.1) is 17.2 Å². The molecule has 5 nitrogen and oxygen atoms in total. The van der Waals surface area contributed by atoms with Crippen molar-refractivity contribution in [3.05, 3.63) is 41.5 Å². The molecule has 0 radical (unpaired) electrons. The van der Waals surface area contributed by atoms with Crippen LogP contribution in [0.25, 0.3) is 11.3 Å². The first-order chi connectivity index (χ1) is 11.2. The van der Waals surface area contributed by atoms with E-state index >= 15 is 0 Å². The number of nitriles is 1. The summed E-state index contributed by atoms with van der Waals surface area (Å²) in [5.74, 6) is 0.885. The fraction of sp³-hybridized carbons (Fsp3) is 0.368. The van der Waals surface area contributed by atoms with Gasteiger partial charge in [-0.25, -0.2) is 4.98 Å². The first-order valence-corrected chi connectivity index (χ1v) is 7.87. The highest BCUT2D eigenvalue weighted by atomic mass is 16.3. The molecule has 2 heterocycles. The predicted octanol–water partition coefficient (Wildman–Crippen LogP) is 3.09. The van der Waals surface area contributed by atoms with Gasteiger partial charge in [0.15, 0.2) is 0 Å². The molecule has 1 fully saturated rings. The molecule has 5 heteroatoms. The average Bonchev–Trinajstić information content (AvgIpc) is 2.56. The number of aromatic nitrogens is 1. The molecule has 2 aromatic rings. The number of benzene rings is 1. The lowest BCUT2D eigenvalue weighted by Crippen LogP contribution is -2.31. The van der Waals surface area contributed by atoms with Crippen LogP contribution in [0.1, 0.15) is 31.4 Å². The number of anilines is 1. The van der Waals surface area contributed by atoms with Crippen molar-refractivity contribution < 1.29 is 5.11 Å². The Morgan fingerprint density at radius 3 is 2.83 bits per heavy atom. The van der Waals surface area contributed by atoms with Crippen molar-refractivity contribution in [2.75, 3.05) is 18.8 Å². The summed E-state index contributed by atoms with van der Waals surface area (Å²) >= 11 is 0. The van der Waals surface area contributed by atoms with E-state index in [0.717, 1.165) is 37.9 Å².